The zero-order valence-electron chi connectivity index (χ0n) is 9.90. The van der Waals surface area contributed by atoms with Crippen LogP contribution in [0, 0.1) is 0 Å². The van der Waals surface area contributed by atoms with Gasteiger partial charge in [0, 0.05) is 4.90 Å². The fraction of sp³-hybridized carbons (Fsp3) is 0.462. The standard InChI is InChI=1S/C13H17NO2S/c1-14-12(13(15)16)17-11-7-6-9-4-2-3-5-10(9)8-11/h6-8,12,14H,2-5H2,1H3,(H,15,16). The van der Waals surface area contributed by atoms with Crippen molar-refractivity contribution in [3.63, 3.8) is 0 Å². The minimum atomic E-state index is -0.824. The number of hydrogen-bond acceptors (Lipinski definition) is 3. The second-order valence-corrected chi connectivity index (χ2v) is 5.44. The van der Waals surface area contributed by atoms with E-state index in [1.807, 2.05) is 6.07 Å². The van der Waals surface area contributed by atoms with Crippen molar-refractivity contribution in [3.05, 3.63) is 29.3 Å². The van der Waals surface area contributed by atoms with E-state index in [2.05, 4.69) is 17.4 Å². The molecule has 0 amide bonds. The van der Waals surface area contributed by atoms with Crippen LogP contribution in [-0.2, 0) is 17.6 Å². The van der Waals surface area contributed by atoms with Crippen LogP contribution in [-0.4, -0.2) is 23.5 Å². The van der Waals surface area contributed by atoms with Crippen molar-refractivity contribution in [1.82, 2.24) is 5.32 Å². The van der Waals surface area contributed by atoms with Crippen molar-refractivity contribution < 1.29 is 9.90 Å². The molecular weight excluding hydrogens is 234 g/mol. The van der Waals surface area contributed by atoms with E-state index < -0.39 is 11.3 Å². The highest BCUT2D eigenvalue weighted by Crippen LogP contribution is 2.28. The highest BCUT2D eigenvalue weighted by Gasteiger charge is 2.17. The lowest BCUT2D eigenvalue weighted by Gasteiger charge is -2.17. The number of carbonyl (C=O) groups is 1. The Bertz CT molecular complexity index is 420. The molecule has 0 spiro atoms. The molecule has 1 atom stereocenters. The van der Waals surface area contributed by atoms with Gasteiger partial charge in [0.25, 0.3) is 0 Å². The van der Waals surface area contributed by atoms with E-state index in [1.165, 1.54) is 35.7 Å². The van der Waals surface area contributed by atoms with E-state index in [1.54, 1.807) is 7.05 Å². The Balaban J connectivity index is 2.14. The summed E-state index contributed by atoms with van der Waals surface area (Å²) in [7, 11) is 1.67. The zero-order chi connectivity index (χ0) is 12.3. The normalized spacial score (nSPS) is 16.3. The molecule has 0 saturated carbocycles. The first-order valence-corrected chi connectivity index (χ1v) is 6.77. The summed E-state index contributed by atoms with van der Waals surface area (Å²) in [4.78, 5) is 12.0. The molecule has 1 aliphatic rings. The van der Waals surface area contributed by atoms with E-state index >= 15 is 0 Å². The lowest BCUT2D eigenvalue weighted by Crippen LogP contribution is -2.30. The van der Waals surface area contributed by atoms with Crippen LogP contribution in [0.1, 0.15) is 24.0 Å². The first-order valence-electron chi connectivity index (χ1n) is 5.89. The van der Waals surface area contributed by atoms with Crippen LogP contribution in [0.2, 0.25) is 0 Å². The maximum atomic E-state index is 10.9. The number of carboxylic acids is 1. The van der Waals surface area contributed by atoms with E-state index in [4.69, 9.17) is 5.11 Å². The van der Waals surface area contributed by atoms with Gasteiger partial charge in [-0.1, -0.05) is 17.8 Å². The summed E-state index contributed by atoms with van der Waals surface area (Å²) in [5, 5.41) is 11.2. The Kier molecular flexibility index (Phi) is 4.07. The summed E-state index contributed by atoms with van der Waals surface area (Å²) in [5.41, 5.74) is 2.82. The number of carboxylic acid groups (broad SMARTS) is 1. The largest absolute Gasteiger partial charge is 0.479 e. The van der Waals surface area contributed by atoms with Gasteiger partial charge in [0.05, 0.1) is 0 Å². The lowest BCUT2D eigenvalue weighted by molar-refractivity contribution is -0.136. The van der Waals surface area contributed by atoms with Gasteiger partial charge in [-0.05, 0) is 56.0 Å². The molecule has 0 aromatic heterocycles. The van der Waals surface area contributed by atoms with Gasteiger partial charge in [-0.25, -0.2) is 4.79 Å². The van der Waals surface area contributed by atoms with E-state index in [0.29, 0.717) is 0 Å². The van der Waals surface area contributed by atoms with Crippen molar-refractivity contribution in [2.45, 2.75) is 36.0 Å². The molecule has 0 saturated heterocycles. The number of nitrogens with one attached hydrogen (secondary N) is 1. The van der Waals surface area contributed by atoms with Gasteiger partial charge >= 0.3 is 5.97 Å². The van der Waals surface area contributed by atoms with Crippen LogP contribution < -0.4 is 5.32 Å². The van der Waals surface area contributed by atoms with Crippen molar-refractivity contribution in [2.75, 3.05) is 7.05 Å². The SMILES string of the molecule is CNC(Sc1ccc2c(c1)CCCC2)C(=O)O. The van der Waals surface area contributed by atoms with Gasteiger partial charge in [-0.15, -0.1) is 0 Å². The number of fused-ring (bicyclic) bond motifs is 1. The Morgan fingerprint density at radius 3 is 2.71 bits per heavy atom. The highest BCUT2D eigenvalue weighted by atomic mass is 32.2. The fourth-order valence-corrected chi connectivity index (χ4v) is 3.00. The van der Waals surface area contributed by atoms with Gasteiger partial charge < -0.3 is 5.11 Å². The first-order chi connectivity index (χ1) is 8.20. The number of aryl methyl sites for hydroxylation is 2. The Morgan fingerprint density at radius 2 is 2.06 bits per heavy atom. The van der Waals surface area contributed by atoms with Crippen LogP contribution in [0.15, 0.2) is 23.1 Å². The predicted molar refractivity (Wildman–Crippen MR) is 69.4 cm³/mol. The summed E-state index contributed by atoms with van der Waals surface area (Å²) in [5.74, 6) is -0.824. The van der Waals surface area contributed by atoms with Gasteiger partial charge in [0.2, 0.25) is 0 Å². The number of likely N-dealkylation sites (N-methyl/N-ethyl adjacent to an activating group) is 1. The van der Waals surface area contributed by atoms with E-state index in [9.17, 15) is 4.79 Å². The molecule has 0 fully saturated rings. The second-order valence-electron chi connectivity index (χ2n) is 4.26. The molecule has 1 unspecified atom stereocenters. The predicted octanol–water partition coefficient (Wildman–Crippen LogP) is 2.29. The Labute approximate surface area is 106 Å². The minimum absolute atomic E-state index is 0.573. The Hall–Kier alpha value is -1.00. The highest BCUT2D eigenvalue weighted by molar-refractivity contribution is 8.00. The lowest BCUT2D eigenvalue weighted by atomic mass is 9.92. The fourth-order valence-electron chi connectivity index (χ4n) is 2.15. The molecule has 3 nitrogen and oxygen atoms in total. The smallest absolute Gasteiger partial charge is 0.331 e. The van der Waals surface area contributed by atoms with Gasteiger partial charge in [-0.2, -0.15) is 0 Å². The zero-order valence-corrected chi connectivity index (χ0v) is 10.7. The molecule has 1 aliphatic carbocycles. The number of benzene rings is 1. The summed E-state index contributed by atoms with van der Waals surface area (Å²) >= 11 is 1.36. The minimum Gasteiger partial charge on any atom is -0.479 e. The van der Waals surface area contributed by atoms with Gasteiger partial charge in [0.15, 0.2) is 5.37 Å². The second kappa shape index (κ2) is 5.56. The molecule has 1 aromatic rings. The summed E-state index contributed by atoms with van der Waals surface area (Å²) < 4.78 is 0. The van der Waals surface area contributed by atoms with Crippen molar-refractivity contribution in [3.8, 4) is 0 Å². The van der Waals surface area contributed by atoms with Gasteiger partial charge in [-0.3, -0.25) is 5.32 Å². The van der Waals surface area contributed by atoms with Crippen LogP contribution >= 0.6 is 11.8 Å². The van der Waals surface area contributed by atoms with Crippen LogP contribution in [0.3, 0.4) is 0 Å². The monoisotopic (exact) mass is 251 g/mol. The molecule has 2 rings (SSSR count). The molecule has 0 radical (unpaired) electrons. The molecule has 0 heterocycles. The molecule has 1 aromatic carbocycles. The average molecular weight is 251 g/mol. The number of aliphatic carboxylic acids is 1. The van der Waals surface area contributed by atoms with Crippen molar-refractivity contribution >= 4 is 17.7 Å². The molecule has 2 N–H and O–H groups in total. The van der Waals surface area contributed by atoms with Crippen molar-refractivity contribution in [2.24, 2.45) is 0 Å². The maximum Gasteiger partial charge on any atom is 0.331 e. The van der Waals surface area contributed by atoms with E-state index in [0.717, 1.165) is 17.7 Å². The van der Waals surface area contributed by atoms with Crippen LogP contribution in [0.5, 0.6) is 0 Å². The third kappa shape index (κ3) is 3.01. The molecule has 92 valence electrons. The summed E-state index contributed by atoms with van der Waals surface area (Å²) in [6, 6.07) is 6.32. The van der Waals surface area contributed by atoms with Gasteiger partial charge in [0.1, 0.15) is 0 Å². The summed E-state index contributed by atoms with van der Waals surface area (Å²) in [6.45, 7) is 0. The number of hydrogen-bond donors (Lipinski definition) is 2. The van der Waals surface area contributed by atoms with Crippen LogP contribution in [0.25, 0.3) is 0 Å². The Morgan fingerprint density at radius 1 is 1.35 bits per heavy atom. The number of rotatable bonds is 4. The molecule has 0 aliphatic heterocycles. The summed E-state index contributed by atoms with van der Waals surface area (Å²) in [6.07, 6.45) is 4.80. The van der Waals surface area contributed by atoms with Crippen LogP contribution in [0.4, 0.5) is 0 Å². The number of thioether (sulfide) groups is 1. The molecule has 4 heteroatoms. The topological polar surface area (TPSA) is 49.3 Å². The first kappa shape index (κ1) is 12.5. The molecule has 0 bridgehead atoms. The third-order valence-electron chi connectivity index (χ3n) is 3.06. The maximum absolute atomic E-state index is 10.9. The molecular formula is C13H17NO2S. The van der Waals surface area contributed by atoms with Crippen molar-refractivity contribution in [1.29, 1.82) is 0 Å². The van der Waals surface area contributed by atoms with E-state index in [-0.39, 0.29) is 0 Å². The third-order valence-corrected chi connectivity index (χ3v) is 4.26. The average Bonchev–Trinajstić information content (AvgIpc) is 2.35. The molecule has 17 heavy (non-hydrogen) atoms. The quantitative estimate of drug-likeness (QED) is 0.637.